The Bertz CT molecular complexity index is 529. The van der Waals surface area contributed by atoms with Crippen LogP contribution in [-0.2, 0) is 10.0 Å². The van der Waals surface area contributed by atoms with Gasteiger partial charge in [0, 0.05) is 11.0 Å². The minimum Gasteiger partial charge on any atom is -0.392 e. The van der Waals surface area contributed by atoms with Gasteiger partial charge in [-0.15, -0.1) is 0 Å². The number of halogens is 1. The minimum absolute atomic E-state index is 0.0286. The first-order chi connectivity index (χ1) is 8.72. The molecule has 0 aromatic heterocycles. The number of aliphatic hydroxyl groups is 1. The van der Waals surface area contributed by atoms with Gasteiger partial charge in [0.2, 0.25) is 10.0 Å². The lowest BCUT2D eigenvalue weighted by Gasteiger charge is -2.14. The molecule has 0 saturated carbocycles. The van der Waals surface area contributed by atoms with E-state index in [-0.39, 0.29) is 11.4 Å². The molecule has 0 heterocycles. The van der Waals surface area contributed by atoms with Gasteiger partial charge in [-0.05, 0) is 52.9 Å². The molecular formula is C13H20BrNO3S. The van der Waals surface area contributed by atoms with Gasteiger partial charge in [0.25, 0.3) is 0 Å². The Labute approximate surface area is 123 Å². The zero-order valence-electron chi connectivity index (χ0n) is 11.4. The van der Waals surface area contributed by atoms with Crippen molar-refractivity contribution >= 4 is 26.0 Å². The summed E-state index contributed by atoms with van der Waals surface area (Å²) < 4.78 is 27.2. The number of hydrogen-bond acceptors (Lipinski definition) is 3. The molecule has 1 atom stereocenters. The summed E-state index contributed by atoms with van der Waals surface area (Å²) in [6.45, 7) is 5.88. The van der Waals surface area contributed by atoms with E-state index < -0.39 is 16.1 Å². The Morgan fingerprint density at radius 1 is 1.37 bits per heavy atom. The molecule has 0 fully saturated rings. The molecule has 1 aromatic carbocycles. The van der Waals surface area contributed by atoms with E-state index in [4.69, 9.17) is 0 Å². The average molecular weight is 350 g/mol. The van der Waals surface area contributed by atoms with E-state index in [1.54, 1.807) is 18.2 Å². The van der Waals surface area contributed by atoms with E-state index >= 15 is 0 Å². The molecule has 0 spiro atoms. The fourth-order valence-electron chi connectivity index (χ4n) is 1.73. The van der Waals surface area contributed by atoms with Crippen LogP contribution in [0.15, 0.2) is 27.6 Å². The summed E-state index contributed by atoms with van der Waals surface area (Å²) in [6, 6.07) is 5.04. The first-order valence-electron chi connectivity index (χ1n) is 6.16. The van der Waals surface area contributed by atoms with Crippen LogP contribution in [0.1, 0.15) is 25.8 Å². The maximum absolute atomic E-state index is 12.1. The molecule has 6 heteroatoms. The predicted molar refractivity (Wildman–Crippen MR) is 79.5 cm³/mol. The lowest BCUT2D eigenvalue weighted by Crippen LogP contribution is -2.33. The van der Waals surface area contributed by atoms with Gasteiger partial charge in [-0.3, -0.25) is 0 Å². The molecule has 2 N–H and O–H groups in total. The quantitative estimate of drug-likeness (QED) is 0.828. The number of aliphatic hydroxyl groups excluding tert-OH is 1. The van der Waals surface area contributed by atoms with Crippen molar-refractivity contribution in [1.82, 2.24) is 4.72 Å². The summed E-state index contributed by atoms with van der Waals surface area (Å²) in [5, 5.41) is 9.70. The molecule has 1 aromatic rings. The molecule has 1 rings (SSSR count). The largest absolute Gasteiger partial charge is 0.392 e. The van der Waals surface area contributed by atoms with Gasteiger partial charge in [0.15, 0.2) is 0 Å². The summed E-state index contributed by atoms with van der Waals surface area (Å²) in [5.74, 6) is 0.325. The van der Waals surface area contributed by atoms with Crippen molar-refractivity contribution < 1.29 is 13.5 Å². The Balaban J connectivity index is 2.76. The first-order valence-corrected chi connectivity index (χ1v) is 8.44. The third-order valence-electron chi connectivity index (χ3n) is 2.63. The van der Waals surface area contributed by atoms with Crippen molar-refractivity contribution in [2.45, 2.75) is 38.2 Å². The van der Waals surface area contributed by atoms with Crippen molar-refractivity contribution in [3.8, 4) is 0 Å². The second kappa shape index (κ2) is 6.83. The Hall–Kier alpha value is -0.430. The molecular weight excluding hydrogens is 330 g/mol. The molecule has 19 heavy (non-hydrogen) atoms. The zero-order chi connectivity index (χ0) is 14.6. The van der Waals surface area contributed by atoms with Crippen LogP contribution in [0.3, 0.4) is 0 Å². The van der Waals surface area contributed by atoms with Crippen LogP contribution in [0.4, 0.5) is 0 Å². The van der Waals surface area contributed by atoms with E-state index in [0.29, 0.717) is 16.8 Å². The second-order valence-corrected chi connectivity index (χ2v) is 7.66. The van der Waals surface area contributed by atoms with E-state index in [1.807, 2.05) is 20.8 Å². The average Bonchev–Trinajstić information content (AvgIpc) is 2.25. The number of hydrogen-bond donors (Lipinski definition) is 2. The highest BCUT2D eigenvalue weighted by Gasteiger charge is 2.19. The lowest BCUT2D eigenvalue weighted by atomic mass is 10.1. The van der Waals surface area contributed by atoms with Gasteiger partial charge in [-0.25, -0.2) is 13.1 Å². The van der Waals surface area contributed by atoms with Crippen molar-refractivity contribution in [3.05, 3.63) is 28.2 Å². The third-order valence-corrected chi connectivity index (χ3v) is 5.03. The second-order valence-electron chi connectivity index (χ2n) is 5.07. The van der Waals surface area contributed by atoms with Crippen molar-refractivity contribution in [3.63, 3.8) is 0 Å². The maximum Gasteiger partial charge on any atom is 0.241 e. The van der Waals surface area contributed by atoms with Crippen LogP contribution in [0.25, 0.3) is 0 Å². The highest BCUT2D eigenvalue weighted by molar-refractivity contribution is 9.10. The van der Waals surface area contributed by atoms with Gasteiger partial charge < -0.3 is 5.11 Å². The molecule has 0 aliphatic carbocycles. The lowest BCUT2D eigenvalue weighted by molar-refractivity contribution is 0.152. The molecule has 0 amide bonds. The van der Waals surface area contributed by atoms with Crippen molar-refractivity contribution in [1.29, 1.82) is 0 Å². The highest BCUT2D eigenvalue weighted by Crippen LogP contribution is 2.22. The SMILES string of the molecule is Cc1ccc(S(=O)(=O)NCC(O)CC(C)C)c(Br)c1. The van der Waals surface area contributed by atoms with Crippen molar-refractivity contribution in [2.75, 3.05) is 6.54 Å². The molecule has 4 nitrogen and oxygen atoms in total. The molecule has 1 unspecified atom stereocenters. The maximum atomic E-state index is 12.1. The zero-order valence-corrected chi connectivity index (χ0v) is 13.8. The van der Waals surface area contributed by atoms with Crippen LogP contribution in [0.2, 0.25) is 0 Å². The number of aryl methyl sites for hydroxylation is 1. The van der Waals surface area contributed by atoms with Gasteiger partial charge in [-0.1, -0.05) is 19.9 Å². The number of rotatable bonds is 6. The van der Waals surface area contributed by atoms with E-state index in [1.165, 1.54) is 0 Å². The molecule has 0 radical (unpaired) electrons. The Morgan fingerprint density at radius 2 is 2.00 bits per heavy atom. The summed E-state index contributed by atoms with van der Waals surface area (Å²) in [4.78, 5) is 0.190. The Morgan fingerprint density at radius 3 is 2.53 bits per heavy atom. The summed E-state index contributed by atoms with van der Waals surface area (Å²) in [6.07, 6.45) is -0.101. The Kier molecular flexibility index (Phi) is 5.98. The first kappa shape index (κ1) is 16.6. The summed E-state index contributed by atoms with van der Waals surface area (Å²) >= 11 is 3.25. The normalized spacial score (nSPS) is 13.8. The van der Waals surface area contributed by atoms with Crippen LogP contribution in [-0.4, -0.2) is 26.2 Å². The molecule has 0 aliphatic heterocycles. The predicted octanol–water partition coefficient (Wildman–Crippen LogP) is 2.44. The number of sulfonamides is 1. The smallest absolute Gasteiger partial charge is 0.241 e. The molecule has 0 aliphatic rings. The topological polar surface area (TPSA) is 66.4 Å². The molecule has 0 saturated heterocycles. The standard InChI is InChI=1S/C13H20BrNO3S/c1-9(2)6-11(16)8-15-19(17,18)13-5-4-10(3)7-12(13)14/h4-5,7,9,11,15-16H,6,8H2,1-3H3. The van der Waals surface area contributed by atoms with Gasteiger partial charge in [0.05, 0.1) is 11.0 Å². The fraction of sp³-hybridized carbons (Fsp3) is 0.538. The molecule has 108 valence electrons. The van der Waals surface area contributed by atoms with E-state index in [2.05, 4.69) is 20.7 Å². The van der Waals surface area contributed by atoms with Crippen LogP contribution < -0.4 is 4.72 Å². The van der Waals surface area contributed by atoms with Crippen LogP contribution >= 0.6 is 15.9 Å². The van der Waals surface area contributed by atoms with Crippen LogP contribution in [0.5, 0.6) is 0 Å². The van der Waals surface area contributed by atoms with E-state index in [0.717, 1.165) is 5.56 Å². The summed E-state index contributed by atoms with van der Waals surface area (Å²) in [5.41, 5.74) is 0.977. The molecule has 0 bridgehead atoms. The highest BCUT2D eigenvalue weighted by atomic mass is 79.9. The summed E-state index contributed by atoms with van der Waals surface area (Å²) in [7, 11) is -3.60. The van der Waals surface area contributed by atoms with E-state index in [9.17, 15) is 13.5 Å². The third kappa shape index (κ3) is 5.22. The minimum atomic E-state index is -3.60. The van der Waals surface area contributed by atoms with Crippen LogP contribution in [0, 0.1) is 12.8 Å². The monoisotopic (exact) mass is 349 g/mol. The number of benzene rings is 1. The number of nitrogens with one attached hydrogen (secondary N) is 1. The van der Waals surface area contributed by atoms with Gasteiger partial charge in [0.1, 0.15) is 0 Å². The van der Waals surface area contributed by atoms with Crippen molar-refractivity contribution in [2.24, 2.45) is 5.92 Å². The fourth-order valence-corrected chi connectivity index (χ4v) is 4.00. The van der Waals surface area contributed by atoms with Gasteiger partial charge >= 0.3 is 0 Å². The van der Waals surface area contributed by atoms with Gasteiger partial charge in [-0.2, -0.15) is 0 Å².